The molecule has 0 radical (unpaired) electrons. The summed E-state index contributed by atoms with van der Waals surface area (Å²) in [6, 6.07) is 6.65. The van der Waals surface area contributed by atoms with Gasteiger partial charge in [-0.05, 0) is 38.0 Å². The van der Waals surface area contributed by atoms with Crippen LogP contribution >= 0.6 is 0 Å². The minimum atomic E-state index is -0.419. The number of benzene rings is 1. The van der Waals surface area contributed by atoms with Gasteiger partial charge in [-0.1, -0.05) is 12.1 Å². The molecular weight excluding hydrogens is 400 g/mol. The summed E-state index contributed by atoms with van der Waals surface area (Å²) >= 11 is 0. The van der Waals surface area contributed by atoms with Crippen molar-refractivity contribution in [1.29, 1.82) is 0 Å². The molecule has 0 aliphatic carbocycles. The van der Waals surface area contributed by atoms with E-state index in [0.717, 1.165) is 6.54 Å². The first-order valence-electron chi connectivity index (χ1n) is 10.3. The van der Waals surface area contributed by atoms with E-state index in [0.29, 0.717) is 35.9 Å². The Morgan fingerprint density at radius 3 is 2.77 bits per heavy atom. The molecule has 0 saturated carbocycles. The molecule has 2 amide bonds. The molecule has 0 spiro atoms. The number of aryl methyl sites for hydroxylation is 1. The van der Waals surface area contributed by atoms with Gasteiger partial charge in [0.15, 0.2) is 5.69 Å². The van der Waals surface area contributed by atoms with E-state index < -0.39 is 5.91 Å². The first-order chi connectivity index (χ1) is 14.8. The highest BCUT2D eigenvalue weighted by Crippen LogP contribution is 2.26. The normalized spacial score (nSPS) is 22.7. The Labute approximate surface area is 182 Å². The highest BCUT2D eigenvalue weighted by Gasteiger charge is 2.26. The molecule has 168 valence electrons. The fourth-order valence-electron chi connectivity index (χ4n) is 3.41. The van der Waals surface area contributed by atoms with E-state index in [1.807, 2.05) is 6.92 Å². The molecule has 2 heterocycles. The number of ether oxygens (including phenoxy) is 2. The molecule has 9 heteroatoms. The van der Waals surface area contributed by atoms with Crippen LogP contribution in [0.5, 0.6) is 5.75 Å². The van der Waals surface area contributed by atoms with Crippen molar-refractivity contribution in [1.82, 2.24) is 15.4 Å². The number of carbonyl (C=O) groups is 2. The summed E-state index contributed by atoms with van der Waals surface area (Å²) in [5.74, 6) is 0.579. The van der Waals surface area contributed by atoms with Gasteiger partial charge in [0, 0.05) is 45.0 Å². The molecule has 0 fully saturated rings. The fraction of sp³-hybridized carbons (Fsp3) is 0.500. The lowest BCUT2D eigenvalue weighted by molar-refractivity contribution is 0.0281. The van der Waals surface area contributed by atoms with Crippen LogP contribution in [0.4, 0.5) is 5.69 Å². The first-order valence-corrected chi connectivity index (χ1v) is 10.3. The van der Waals surface area contributed by atoms with Gasteiger partial charge in [-0.15, -0.1) is 0 Å². The minimum Gasteiger partial charge on any atom is -0.491 e. The van der Waals surface area contributed by atoms with Crippen LogP contribution in [-0.4, -0.2) is 67.9 Å². The topological polar surface area (TPSA) is 106 Å². The van der Waals surface area contributed by atoms with Gasteiger partial charge in [0.25, 0.3) is 11.8 Å². The zero-order valence-corrected chi connectivity index (χ0v) is 18.6. The third kappa shape index (κ3) is 5.62. The van der Waals surface area contributed by atoms with Gasteiger partial charge in [0.2, 0.25) is 0 Å². The van der Waals surface area contributed by atoms with Crippen LogP contribution in [0.1, 0.15) is 40.5 Å². The highest BCUT2D eigenvalue weighted by molar-refractivity contribution is 6.04. The van der Waals surface area contributed by atoms with Crippen LogP contribution in [0.3, 0.4) is 0 Å². The monoisotopic (exact) mass is 430 g/mol. The Bertz CT molecular complexity index is 928. The molecule has 31 heavy (non-hydrogen) atoms. The Morgan fingerprint density at radius 1 is 1.32 bits per heavy atom. The van der Waals surface area contributed by atoms with Gasteiger partial charge in [0.1, 0.15) is 18.1 Å². The average Bonchev–Trinajstić information content (AvgIpc) is 3.19. The predicted octanol–water partition coefficient (Wildman–Crippen LogP) is 2.33. The number of nitrogens with one attached hydrogen (secondary N) is 2. The Morgan fingerprint density at radius 2 is 2.10 bits per heavy atom. The van der Waals surface area contributed by atoms with Crippen LogP contribution in [0.15, 0.2) is 28.8 Å². The summed E-state index contributed by atoms with van der Waals surface area (Å²) < 4.78 is 16.5. The SMILES string of the molecule is CO[C@H]1CN(C)C(=O)c2cc(NC(=O)c3cc(C)on3)ccc2OC[C@H](C)NC[C@H]1C. The van der Waals surface area contributed by atoms with E-state index in [-0.39, 0.29) is 29.7 Å². The van der Waals surface area contributed by atoms with Gasteiger partial charge in [-0.25, -0.2) is 0 Å². The van der Waals surface area contributed by atoms with Crippen molar-refractivity contribution in [3.63, 3.8) is 0 Å². The van der Waals surface area contributed by atoms with Gasteiger partial charge < -0.3 is 29.5 Å². The summed E-state index contributed by atoms with van der Waals surface area (Å²) in [4.78, 5) is 27.3. The molecule has 3 atom stereocenters. The third-order valence-corrected chi connectivity index (χ3v) is 5.34. The number of hydrogen-bond donors (Lipinski definition) is 2. The molecule has 2 aromatic rings. The van der Waals surface area contributed by atoms with Crippen LogP contribution < -0.4 is 15.4 Å². The Balaban J connectivity index is 1.88. The number of likely N-dealkylation sites (N-methyl/N-ethyl adjacent to an activating group) is 1. The number of anilines is 1. The second kappa shape index (κ2) is 9.93. The van der Waals surface area contributed by atoms with Crippen molar-refractivity contribution < 1.29 is 23.6 Å². The maximum atomic E-state index is 13.2. The number of hydrogen-bond acceptors (Lipinski definition) is 7. The number of amides is 2. The number of methoxy groups -OCH3 is 1. The fourth-order valence-corrected chi connectivity index (χ4v) is 3.41. The number of carbonyl (C=O) groups excluding carboxylic acids is 2. The molecule has 1 aromatic carbocycles. The average molecular weight is 431 g/mol. The van der Waals surface area contributed by atoms with Gasteiger partial charge in [0.05, 0.1) is 11.7 Å². The van der Waals surface area contributed by atoms with Crippen molar-refractivity contribution in [3.8, 4) is 5.75 Å². The number of rotatable bonds is 3. The quantitative estimate of drug-likeness (QED) is 0.770. The molecule has 0 unspecified atom stereocenters. The van der Waals surface area contributed by atoms with Crippen molar-refractivity contribution in [3.05, 3.63) is 41.3 Å². The molecule has 0 bridgehead atoms. The standard InChI is InChI=1S/C22H30N4O5/c1-13-10-23-14(2)12-30-19-7-6-16(24-21(27)18-8-15(3)31-25-18)9-17(19)22(28)26(4)11-20(13)29-5/h6-9,13-14,20,23H,10-12H2,1-5H3,(H,24,27)/t13-,14+,20+/m1/s1. The van der Waals surface area contributed by atoms with Crippen LogP contribution in [-0.2, 0) is 4.74 Å². The van der Waals surface area contributed by atoms with Crippen molar-refractivity contribution in [2.24, 2.45) is 5.92 Å². The summed E-state index contributed by atoms with van der Waals surface area (Å²) in [5.41, 5.74) is 0.998. The van der Waals surface area contributed by atoms with Crippen molar-refractivity contribution >= 4 is 17.5 Å². The van der Waals surface area contributed by atoms with E-state index in [1.165, 1.54) is 0 Å². The number of nitrogens with zero attached hydrogens (tertiary/aromatic N) is 2. The summed E-state index contributed by atoms with van der Waals surface area (Å²) in [6.45, 7) is 7.42. The van der Waals surface area contributed by atoms with Crippen LogP contribution in [0.2, 0.25) is 0 Å². The Kier molecular flexibility index (Phi) is 7.29. The maximum absolute atomic E-state index is 13.2. The maximum Gasteiger partial charge on any atom is 0.277 e. The van der Waals surface area contributed by atoms with Crippen LogP contribution in [0.25, 0.3) is 0 Å². The zero-order valence-electron chi connectivity index (χ0n) is 18.6. The smallest absolute Gasteiger partial charge is 0.277 e. The molecule has 1 aliphatic rings. The van der Waals surface area contributed by atoms with E-state index in [9.17, 15) is 9.59 Å². The van der Waals surface area contributed by atoms with Gasteiger partial charge in [-0.2, -0.15) is 0 Å². The Hall–Kier alpha value is -2.91. The second-order valence-corrected chi connectivity index (χ2v) is 8.05. The summed E-state index contributed by atoms with van der Waals surface area (Å²) in [7, 11) is 3.39. The van der Waals surface area contributed by atoms with E-state index >= 15 is 0 Å². The molecule has 1 aliphatic heterocycles. The first kappa shape index (κ1) is 22.8. The zero-order chi connectivity index (χ0) is 22.5. The summed E-state index contributed by atoms with van der Waals surface area (Å²) in [5, 5.41) is 9.92. The molecular formula is C22H30N4O5. The van der Waals surface area contributed by atoms with Crippen molar-refractivity contribution in [2.75, 3.05) is 39.2 Å². The minimum absolute atomic E-state index is 0.0925. The van der Waals surface area contributed by atoms with Crippen LogP contribution in [0, 0.1) is 12.8 Å². The largest absolute Gasteiger partial charge is 0.491 e. The van der Waals surface area contributed by atoms with E-state index in [2.05, 4.69) is 22.7 Å². The predicted molar refractivity (Wildman–Crippen MR) is 116 cm³/mol. The lowest BCUT2D eigenvalue weighted by atomic mass is 10.0. The highest BCUT2D eigenvalue weighted by atomic mass is 16.5. The van der Waals surface area contributed by atoms with Crippen molar-refractivity contribution in [2.45, 2.75) is 32.9 Å². The molecule has 2 N–H and O–H groups in total. The second-order valence-electron chi connectivity index (χ2n) is 8.05. The lowest BCUT2D eigenvalue weighted by Gasteiger charge is -2.30. The van der Waals surface area contributed by atoms with E-state index in [1.54, 1.807) is 50.2 Å². The molecule has 1 aromatic heterocycles. The summed E-state index contributed by atoms with van der Waals surface area (Å²) in [6.07, 6.45) is -0.115. The van der Waals surface area contributed by atoms with E-state index in [4.69, 9.17) is 14.0 Å². The third-order valence-electron chi connectivity index (χ3n) is 5.34. The lowest BCUT2D eigenvalue weighted by Crippen LogP contribution is -2.44. The molecule has 3 rings (SSSR count). The van der Waals surface area contributed by atoms with Gasteiger partial charge in [-0.3, -0.25) is 9.59 Å². The molecule has 0 saturated heterocycles. The number of aromatic nitrogens is 1. The van der Waals surface area contributed by atoms with Gasteiger partial charge >= 0.3 is 0 Å². The number of fused-ring (bicyclic) bond motifs is 1. The molecule has 9 nitrogen and oxygen atoms in total.